The molecule has 0 unspecified atom stereocenters. The Balaban J connectivity index is 1.75. The lowest BCUT2D eigenvalue weighted by atomic mass is 9.99. The highest BCUT2D eigenvalue weighted by molar-refractivity contribution is 7.89. The number of nitrogens with one attached hydrogen (secondary N) is 1. The van der Waals surface area contributed by atoms with Gasteiger partial charge in [0, 0.05) is 18.8 Å². The number of anilines is 1. The lowest BCUT2D eigenvalue weighted by Gasteiger charge is -2.31. The molecule has 8 heteroatoms. The van der Waals surface area contributed by atoms with Crippen LogP contribution in [0.3, 0.4) is 0 Å². The highest BCUT2D eigenvalue weighted by Gasteiger charge is 2.33. The van der Waals surface area contributed by atoms with Crippen molar-refractivity contribution >= 4 is 33.2 Å². The van der Waals surface area contributed by atoms with Gasteiger partial charge in [-0.3, -0.25) is 4.79 Å². The first-order valence-electron chi connectivity index (χ1n) is 8.61. The molecular formula is C19H21ClN2O4S. The molecule has 1 amide bonds. The molecule has 1 aliphatic heterocycles. The Kier molecular flexibility index (Phi) is 6.04. The van der Waals surface area contributed by atoms with Crippen molar-refractivity contribution in [2.75, 3.05) is 25.5 Å². The highest BCUT2D eigenvalue weighted by Crippen LogP contribution is 2.30. The van der Waals surface area contributed by atoms with Gasteiger partial charge in [0.2, 0.25) is 15.9 Å². The number of piperidine rings is 1. The second kappa shape index (κ2) is 8.29. The lowest BCUT2D eigenvalue weighted by Crippen LogP contribution is -2.43. The van der Waals surface area contributed by atoms with Crippen LogP contribution < -0.4 is 10.1 Å². The zero-order chi connectivity index (χ0) is 19.4. The van der Waals surface area contributed by atoms with Gasteiger partial charge < -0.3 is 10.1 Å². The number of amides is 1. The molecule has 144 valence electrons. The van der Waals surface area contributed by atoms with E-state index in [2.05, 4.69) is 5.32 Å². The van der Waals surface area contributed by atoms with Crippen molar-refractivity contribution in [2.45, 2.75) is 17.7 Å². The van der Waals surface area contributed by atoms with Gasteiger partial charge in [-0.2, -0.15) is 4.31 Å². The van der Waals surface area contributed by atoms with Gasteiger partial charge in [0.05, 0.1) is 22.9 Å². The fourth-order valence-electron chi connectivity index (χ4n) is 3.10. The number of para-hydroxylation sites is 1. The number of hydrogen-bond donors (Lipinski definition) is 1. The number of carbonyl (C=O) groups excluding carboxylic acids is 1. The third-order valence-electron chi connectivity index (χ3n) is 4.56. The maximum absolute atomic E-state index is 13.0. The van der Waals surface area contributed by atoms with Crippen LogP contribution in [0.15, 0.2) is 53.4 Å². The highest BCUT2D eigenvalue weighted by atomic mass is 35.5. The fraction of sp³-hybridized carbons (Fsp3) is 0.316. The molecule has 1 atom stereocenters. The minimum absolute atomic E-state index is 0.0948. The van der Waals surface area contributed by atoms with E-state index in [1.807, 2.05) is 18.2 Å². The molecule has 0 saturated carbocycles. The first-order valence-corrected chi connectivity index (χ1v) is 10.4. The molecule has 6 nitrogen and oxygen atoms in total. The summed E-state index contributed by atoms with van der Waals surface area (Å²) in [6, 6.07) is 13.5. The molecular weight excluding hydrogens is 388 g/mol. The Morgan fingerprint density at radius 1 is 1.22 bits per heavy atom. The summed E-state index contributed by atoms with van der Waals surface area (Å²) in [6.45, 7) is 0.520. The molecule has 1 aliphatic rings. The van der Waals surface area contributed by atoms with Crippen LogP contribution in [-0.2, 0) is 14.8 Å². The monoisotopic (exact) mass is 408 g/mol. The maximum Gasteiger partial charge on any atom is 0.243 e. The first-order chi connectivity index (χ1) is 12.9. The van der Waals surface area contributed by atoms with E-state index in [9.17, 15) is 13.2 Å². The van der Waals surface area contributed by atoms with Gasteiger partial charge in [-0.1, -0.05) is 29.8 Å². The normalized spacial score (nSPS) is 18.1. The summed E-state index contributed by atoms with van der Waals surface area (Å²) >= 11 is 6.07. The summed E-state index contributed by atoms with van der Waals surface area (Å²) in [5, 5.41) is 3.08. The number of rotatable bonds is 5. The quantitative estimate of drug-likeness (QED) is 0.822. The minimum atomic E-state index is -3.74. The van der Waals surface area contributed by atoms with Crippen molar-refractivity contribution in [3.63, 3.8) is 0 Å². The van der Waals surface area contributed by atoms with Crippen molar-refractivity contribution in [3.8, 4) is 5.75 Å². The fourth-order valence-corrected chi connectivity index (χ4v) is 4.97. The van der Waals surface area contributed by atoms with Gasteiger partial charge in [-0.05, 0) is 43.2 Å². The van der Waals surface area contributed by atoms with Crippen LogP contribution in [0.25, 0.3) is 0 Å². The van der Waals surface area contributed by atoms with Crippen molar-refractivity contribution in [3.05, 3.63) is 53.6 Å². The molecule has 1 N–H and O–H groups in total. The van der Waals surface area contributed by atoms with Gasteiger partial charge in [-0.15, -0.1) is 0 Å². The van der Waals surface area contributed by atoms with Gasteiger partial charge in [0.1, 0.15) is 5.75 Å². The van der Waals surface area contributed by atoms with Crippen molar-refractivity contribution in [1.82, 2.24) is 4.31 Å². The topological polar surface area (TPSA) is 75.7 Å². The molecule has 1 fully saturated rings. The average molecular weight is 409 g/mol. The lowest BCUT2D eigenvalue weighted by molar-refractivity contribution is -0.120. The molecule has 1 heterocycles. The third-order valence-corrected chi connectivity index (χ3v) is 6.71. The summed E-state index contributed by atoms with van der Waals surface area (Å²) < 4.78 is 32.3. The van der Waals surface area contributed by atoms with Crippen LogP contribution in [0.1, 0.15) is 12.8 Å². The molecule has 0 spiro atoms. The van der Waals surface area contributed by atoms with Crippen LogP contribution in [0.4, 0.5) is 5.69 Å². The molecule has 0 radical (unpaired) electrons. The Morgan fingerprint density at radius 3 is 2.63 bits per heavy atom. The largest absolute Gasteiger partial charge is 0.495 e. The van der Waals surface area contributed by atoms with Gasteiger partial charge in [0.15, 0.2) is 0 Å². The van der Waals surface area contributed by atoms with E-state index in [-0.39, 0.29) is 22.4 Å². The molecule has 3 rings (SSSR count). The van der Waals surface area contributed by atoms with Gasteiger partial charge >= 0.3 is 0 Å². The number of sulfonamides is 1. The number of nitrogens with zero attached hydrogens (tertiary/aromatic N) is 1. The molecule has 0 aliphatic carbocycles. The molecule has 2 aromatic rings. The van der Waals surface area contributed by atoms with E-state index in [1.54, 1.807) is 12.1 Å². The average Bonchev–Trinajstić information content (AvgIpc) is 2.68. The zero-order valence-corrected chi connectivity index (χ0v) is 16.5. The molecule has 2 aromatic carbocycles. The third kappa shape index (κ3) is 4.43. The summed E-state index contributed by atoms with van der Waals surface area (Å²) in [4.78, 5) is 12.6. The Bertz CT molecular complexity index is 919. The van der Waals surface area contributed by atoms with E-state index >= 15 is 0 Å². The number of halogens is 1. The molecule has 0 aromatic heterocycles. The van der Waals surface area contributed by atoms with Crippen molar-refractivity contribution < 1.29 is 17.9 Å². The summed E-state index contributed by atoms with van der Waals surface area (Å²) in [5.74, 6) is -0.161. The number of hydrogen-bond acceptors (Lipinski definition) is 4. The minimum Gasteiger partial charge on any atom is -0.495 e. The van der Waals surface area contributed by atoms with Crippen molar-refractivity contribution in [1.29, 1.82) is 0 Å². The smallest absolute Gasteiger partial charge is 0.243 e. The van der Waals surface area contributed by atoms with Crippen LogP contribution in [0.2, 0.25) is 5.02 Å². The molecule has 1 saturated heterocycles. The van der Waals surface area contributed by atoms with Crippen LogP contribution in [0, 0.1) is 5.92 Å². The van der Waals surface area contributed by atoms with Crippen LogP contribution in [-0.4, -0.2) is 38.8 Å². The van der Waals surface area contributed by atoms with E-state index < -0.39 is 15.9 Å². The summed E-state index contributed by atoms with van der Waals surface area (Å²) in [5.41, 5.74) is 0.699. The Hall–Kier alpha value is -2.09. The maximum atomic E-state index is 13.0. The second-order valence-corrected chi connectivity index (χ2v) is 8.70. The number of benzene rings is 2. The summed E-state index contributed by atoms with van der Waals surface area (Å²) in [7, 11) is -2.27. The summed E-state index contributed by atoms with van der Waals surface area (Å²) in [6.07, 6.45) is 1.27. The van der Waals surface area contributed by atoms with E-state index in [0.29, 0.717) is 30.8 Å². The number of methoxy groups -OCH3 is 1. The standard InChI is InChI=1S/C19H21ClN2O4S/c1-26-18-10-9-16(12-17(18)20)27(24,25)22-11-5-6-14(13-22)19(23)21-15-7-3-2-4-8-15/h2-4,7-10,12,14H,5-6,11,13H2,1H3,(H,21,23)/t14-/m1/s1. The second-order valence-electron chi connectivity index (χ2n) is 6.35. The van der Waals surface area contributed by atoms with Crippen LogP contribution in [0.5, 0.6) is 5.75 Å². The Labute approximate surface area is 164 Å². The Morgan fingerprint density at radius 2 is 1.96 bits per heavy atom. The van der Waals surface area contributed by atoms with Crippen molar-refractivity contribution in [2.24, 2.45) is 5.92 Å². The predicted molar refractivity (Wildman–Crippen MR) is 105 cm³/mol. The predicted octanol–water partition coefficient (Wildman–Crippen LogP) is 3.39. The van der Waals surface area contributed by atoms with E-state index in [0.717, 1.165) is 0 Å². The molecule has 0 bridgehead atoms. The first kappa shape index (κ1) is 19.7. The number of ether oxygens (including phenoxy) is 1. The van der Waals surface area contributed by atoms with E-state index in [1.165, 1.54) is 29.6 Å². The molecule has 27 heavy (non-hydrogen) atoms. The SMILES string of the molecule is COc1ccc(S(=O)(=O)N2CCC[C@@H](C(=O)Nc3ccccc3)C2)cc1Cl. The van der Waals surface area contributed by atoms with E-state index in [4.69, 9.17) is 16.3 Å². The van der Waals surface area contributed by atoms with Gasteiger partial charge in [0.25, 0.3) is 0 Å². The van der Waals surface area contributed by atoms with Crippen LogP contribution >= 0.6 is 11.6 Å². The number of carbonyl (C=O) groups is 1. The zero-order valence-electron chi connectivity index (χ0n) is 14.9. The van der Waals surface area contributed by atoms with Gasteiger partial charge in [-0.25, -0.2) is 8.42 Å².